The van der Waals surface area contributed by atoms with E-state index in [1.54, 1.807) is 0 Å². The molecule has 0 radical (unpaired) electrons. The maximum absolute atomic E-state index is 8.78. The third-order valence-corrected chi connectivity index (χ3v) is 1.93. The predicted molar refractivity (Wildman–Crippen MR) is 54.1 cm³/mol. The van der Waals surface area contributed by atoms with Gasteiger partial charge in [0.1, 0.15) is 0 Å². The number of hydrogen-bond acceptors (Lipinski definition) is 1. The van der Waals surface area contributed by atoms with Crippen molar-refractivity contribution in [2.75, 3.05) is 6.61 Å². The summed E-state index contributed by atoms with van der Waals surface area (Å²) < 4.78 is 0. The van der Waals surface area contributed by atoms with Crippen molar-refractivity contribution in [3.8, 4) is 0 Å². The summed E-state index contributed by atoms with van der Waals surface area (Å²) in [7, 11) is 0. The Labute approximate surface area is 76.5 Å². The number of aliphatic hydroxyl groups excluding tert-OH is 1. The van der Waals surface area contributed by atoms with Crippen LogP contribution in [0, 0.1) is 11.3 Å². The SMILES string of the molecule is CC(C)C/C=C/C(C)(C)CCO. The van der Waals surface area contributed by atoms with Crippen molar-refractivity contribution in [2.45, 2.75) is 40.5 Å². The van der Waals surface area contributed by atoms with Gasteiger partial charge in [0, 0.05) is 6.61 Å². The highest BCUT2D eigenvalue weighted by atomic mass is 16.3. The van der Waals surface area contributed by atoms with Crippen molar-refractivity contribution in [1.29, 1.82) is 0 Å². The molecule has 0 aliphatic rings. The molecule has 0 rings (SSSR count). The summed E-state index contributed by atoms with van der Waals surface area (Å²) in [4.78, 5) is 0. The van der Waals surface area contributed by atoms with E-state index >= 15 is 0 Å². The van der Waals surface area contributed by atoms with Gasteiger partial charge in [-0.05, 0) is 24.2 Å². The predicted octanol–water partition coefficient (Wildman–Crippen LogP) is 3.00. The van der Waals surface area contributed by atoms with Crippen molar-refractivity contribution < 1.29 is 5.11 Å². The molecular weight excluding hydrogens is 148 g/mol. The zero-order chi connectivity index (χ0) is 9.61. The van der Waals surface area contributed by atoms with Gasteiger partial charge in [-0.3, -0.25) is 0 Å². The van der Waals surface area contributed by atoms with Crippen LogP contribution in [0.2, 0.25) is 0 Å². The molecule has 0 aromatic rings. The third-order valence-electron chi connectivity index (χ3n) is 1.93. The Morgan fingerprint density at radius 2 is 1.92 bits per heavy atom. The summed E-state index contributed by atoms with van der Waals surface area (Å²) in [5.74, 6) is 0.728. The van der Waals surface area contributed by atoms with Gasteiger partial charge in [-0.2, -0.15) is 0 Å². The minimum Gasteiger partial charge on any atom is -0.396 e. The van der Waals surface area contributed by atoms with E-state index in [0.717, 1.165) is 18.8 Å². The Bertz CT molecular complexity index is 134. The molecule has 0 aromatic heterocycles. The Kier molecular flexibility index (Phi) is 5.23. The molecule has 0 bridgehead atoms. The molecule has 0 saturated carbocycles. The monoisotopic (exact) mass is 170 g/mol. The molecular formula is C11H22O. The summed E-state index contributed by atoms with van der Waals surface area (Å²) in [6.45, 7) is 9.01. The van der Waals surface area contributed by atoms with Crippen LogP contribution in [0.3, 0.4) is 0 Å². The van der Waals surface area contributed by atoms with Crippen LogP contribution in [0.4, 0.5) is 0 Å². The molecule has 12 heavy (non-hydrogen) atoms. The fourth-order valence-corrected chi connectivity index (χ4v) is 1.03. The normalized spacial score (nSPS) is 13.2. The molecule has 0 heterocycles. The number of aliphatic hydroxyl groups is 1. The molecule has 0 aliphatic heterocycles. The molecule has 1 nitrogen and oxygen atoms in total. The largest absolute Gasteiger partial charge is 0.396 e. The second-order valence-electron chi connectivity index (χ2n) is 4.49. The lowest BCUT2D eigenvalue weighted by molar-refractivity contribution is 0.241. The minimum atomic E-state index is 0.156. The lowest BCUT2D eigenvalue weighted by Gasteiger charge is -2.18. The number of allylic oxidation sites excluding steroid dienone is 2. The van der Waals surface area contributed by atoms with Gasteiger partial charge in [-0.1, -0.05) is 39.8 Å². The molecule has 0 unspecified atom stereocenters. The second-order valence-corrected chi connectivity index (χ2v) is 4.49. The first-order valence-corrected chi connectivity index (χ1v) is 4.76. The molecule has 72 valence electrons. The van der Waals surface area contributed by atoms with Gasteiger partial charge in [0.05, 0.1) is 0 Å². The fraction of sp³-hybridized carbons (Fsp3) is 0.818. The summed E-state index contributed by atoms with van der Waals surface area (Å²) in [5.41, 5.74) is 0.156. The van der Waals surface area contributed by atoms with Gasteiger partial charge in [0.25, 0.3) is 0 Å². The van der Waals surface area contributed by atoms with Gasteiger partial charge >= 0.3 is 0 Å². The highest BCUT2D eigenvalue weighted by Gasteiger charge is 2.11. The first-order chi connectivity index (χ1) is 5.48. The highest BCUT2D eigenvalue weighted by Crippen LogP contribution is 2.21. The molecule has 1 N–H and O–H groups in total. The van der Waals surface area contributed by atoms with Crippen LogP contribution in [-0.2, 0) is 0 Å². The smallest absolute Gasteiger partial charge is 0.0439 e. The molecule has 0 aromatic carbocycles. The number of rotatable bonds is 5. The fourth-order valence-electron chi connectivity index (χ4n) is 1.03. The average Bonchev–Trinajstić information content (AvgIpc) is 1.85. The van der Waals surface area contributed by atoms with Gasteiger partial charge in [-0.25, -0.2) is 0 Å². The van der Waals surface area contributed by atoms with Crippen LogP contribution in [0.15, 0.2) is 12.2 Å². The van der Waals surface area contributed by atoms with Crippen molar-refractivity contribution in [3.05, 3.63) is 12.2 Å². The highest BCUT2D eigenvalue weighted by molar-refractivity contribution is 4.94. The summed E-state index contributed by atoms with van der Waals surface area (Å²) >= 11 is 0. The molecule has 0 fully saturated rings. The molecule has 0 atom stereocenters. The summed E-state index contributed by atoms with van der Waals surface area (Å²) in [6.07, 6.45) is 6.42. The molecule has 0 spiro atoms. The Morgan fingerprint density at radius 3 is 2.33 bits per heavy atom. The first kappa shape index (κ1) is 11.7. The van der Waals surface area contributed by atoms with Gasteiger partial charge in [0.2, 0.25) is 0 Å². The lowest BCUT2D eigenvalue weighted by atomic mass is 9.89. The van der Waals surface area contributed by atoms with Crippen LogP contribution in [0.1, 0.15) is 40.5 Å². The zero-order valence-corrected chi connectivity index (χ0v) is 8.80. The summed E-state index contributed by atoms with van der Waals surface area (Å²) in [6, 6.07) is 0. The van der Waals surface area contributed by atoms with E-state index in [1.807, 2.05) is 0 Å². The average molecular weight is 170 g/mol. The molecule has 0 aliphatic carbocycles. The maximum Gasteiger partial charge on any atom is 0.0439 e. The van der Waals surface area contributed by atoms with Crippen molar-refractivity contribution in [1.82, 2.24) is 0 Å². The van der Waals surface area contributed by atoms with E-state index in [4.69, 9.17) is 5.11 Å². The maximum atomic E-state index is 8.78. The molecule has 0 amide bonds. The van der Waals surface area contributed by atoms with Crippen LogP contribution < -0.4 is 0 Å². The van der Waals surface area contributed by atoms with E-state index in [2.05, 4.69) is 39.8 Å². The zero-order valence-electron chi connectivity index (χ0n) is 8.80. The third kappa shape index (κ3) is 6.41. The van der Waals surface area contributed by atoms with Gasteiger partial charge < -0.3 is 5.11 Å². The van der Waals surface area contributed by atoms with Crippen LogP contribution >= 0.6 is 0 Å². The summed E-state index contributed by atoms with van der Waals surface area (Å²) in [5, 5.41) is 8.78. The number of hydrogen-bond donors (Lipinski definition) is 1. The lowest BCUT2D eigenvalue weighted by Crippen LogP contribution is -2.09. The van der Waals surface area contributed by atoms with E-state index in [1.165, 1.54) is 0 Å². The Morgan fingerprint density at radius 1 is 1.33 bits per heavy atom. The van der Waals surface area contributed by atoms with E-state index in [-0.39, 0.29) is 12.0 Å². The topological polar surface area (TPSA) is 20.2 Å². The minimum absolute atomic E-state index is 0.156. The standard InChI is InChI=1S/C11H22O/c1-10(2)6-5-7-11(3,4)8-9-12/h5,7,10,12H,6,8-9H2,1-4H3/b7-5+. The Hall–Kier alpha value is -0.300. The van der Waals surface area contributed by atoms with E-state index in [0.29, 0.717) is 0 Å². The van der Waals surface area contributed by atoms with Crippen molar-refractivity contribution in [2.24, 2.45) is 11.3 Å². The van der Waals surface area contributed by atoms with Crippen LogP contribution in [0.5, 0.6) is 0 Å². The van der Waals surface area contributed by atoms with Gasteiger partial charge in [-0.15, -0.1) is 0 Å². The van der Waals surface area contributed by atoms with E-state index in [9.17, 15) is 0 Å². The quantitative estimate of drug-likeness (QED) is 0.629. The molecule has 1 heteroatoms. The van der Waals surface area contributed by atoms with Crippen LogP contribution in [-0.4, -0.2) is 11.7 Å². The van der Waals surface area contributed by atoms with Crippen molar-refractivity contribution in [3.63, 3.8) is 0 Å². The first-order valence-electron chi connectivity index (χ1n) is 4.76. The van der Waals surface area contributed by atoms with Crippen LogP contribution in [0.25, 0.3) is 0 Å². The van der Waals surface area contributed by atoms with E-state index < -0.39 is 0 Å². The van der Waals surface area contributed by atoms with Crippen molar-refractivity contribution >= 4 is 0 Å². The Balaban J connectivity index is 3.79. The van der Waals surface area contributed by atoms with Gasteiger partial charge in [0.15, 0.2) is 0 Å². The molecule has 0 saturated heterocycles. The second kappa shape index (κ2) is 5.36.